The average Bonchev–Trinajstić information content (AvgIpc) is 3.47. The number of hydrogen-bond donors (Lipinski definition) is 3. The molecule has 5 saturated carbocycles. The summed E-state index contributed by atoms with van der Waals surface area (Å²) in [7, 11) is 0. The summed E-state index contributed by atoms with van der Waals surface area (Å²) in [6, 6.07) is 0. The maximum Gasteiger partial charge on any atom is 0.133 e. The van der Waals surface area contributed by atoms with Crippen LogP contribution in [0.1, 0.15) is 116 Å². The summed E-state index contributed by atoms with van der Waals surface area (Å²) in [5.41, 5.74) is 0.637. The molecular formula is C30H49N3O2. The first-order chi connectivity index (χ1) is 16.8. The number of fused-ring (bicyclic) bond motifs is 5. The molecule has 5 heteroatoms. The second kappa shape index (κ2) is 8.82. The maximum atomic E-state index is 11.9. The Balaban J connectivity index is 1.19. The molecule has 1 heterocycles. The summed E-state index contributed by atoms with van der Waals surface area (Å²) in [5.74, 6) is 6.79. The minimum absolute atomic E-state index is 0.166. The molecule has 0 spiro atoms. The Hall–Kier alpha value is -0.940. The Kier molecular flexibility index (Phi) is 6.15. The van der Waals surface area contributed by atoms with E-state index in [0.29, 0.717) is 52.3 Å². The van der Waals surface area contributed by atoms with Crippen molar-refractivity contribution in [3.63, 3.8) is 0 Å². The van der Waals surface area contributed by atoms with Crippen LogP contribution in [0.5, 0.6) is 0 Å². The van der Waals surface area contributed by atoms with Crippen molar-refractivity contribution in [2.24, 2.45) is 52.3 Å². The van der Waals surface area contributed by atoms with Gasteiger partial charge >= 0.3 is 0 Å². The molecule has 0 saturated heterocycles. The molecule has 5 nitrogen and oxygen atoms in total. The lowest BCUT2D eigenvalue weighted by Crippen LogP contribution is -2.62. The molecule has 35 heavy (non-hydrogen) atoms. The second-order valence-electron chi connectivity index (χ2n) is 14.1. The van der Waals surface area contributed by atoms with Crippen molar-refractivity contribution in [1.82, 2.24) is 15.2 Å². The van der Waals surface area contributed by atoms with Gasteiger partial charge in [-0.25, -0.2) is 0 Å². The van der Waals surface area contributed by atoms with Gasteiger partial charge < -0.3 is 15.2 Å². The zero-order valence-electron chi connectivity index (χ0n) is 22.5. The third-order valence-electron chi connectivity index (χ3n) is 12.5. The number of aryl methyl sites for hydroxylation is 1. The lowest BCUT2D eigenvalue weighted by Gasteiger charge is -2.64. The van der Waals surface area contributed by atoms with Crippen molar-refractivity contribution in [1.29, 1.82) is 0 Å². The first-order valence-electron chi connectivity index (χ1n) is 15.0. The fraction of sp³-hybridized carbons (Fsp3) is 0.933. The Morgan fingerprint density at radius 1 is 0.943 bits per heavy atom. The van der Waals surface area contributed by atoms with E-state index < -0.39 is 0 Å². The molecule has 0 aliphatic heterocycles. The molecule has 0 amide bonds. The van der Waals surface area contributed by atoms with Gasteiger partial charge in [0.1, 0.15) is 11.6 Å². The topological polar surface area (TPSA) is 82.0 Å². The number of aliphatic hydroxyl groups excluding tert-OH is 2. The number of aliphatic hydroxyl groups is 2. The Labute approximate surface area is 212 Å². The highest BCUT2D eigenvalue weighted by Gasteiger charge is 2.64. The largest absolute Gasteiger partial charge is 0.393 e. The number of nitrogens with one attached hydrogen (secondary N) is 1. The van der Waals surface area contributed by atoms with Gasteiger partial charge in [0.15, 0.2) is 0 Å². The van der Waals surface area contributed by atoms with Crippen LogP contribution in [-0.2, 0) is 6.42 Å². The molecule has 0 bridgehead atoms. The van der Waals surface area contributed by atoms with E-state index in [0.717, 1.165) is 49.7 Å². The first kappa shape index (κ1) is 24.4. The molecule has 5 aliphatic rings. The quantitative estimate of drug-likeness (QED) is 0.472. The third-order valence-corrected chi connectivity index (χ3v) is 12.5. The maximum absolute atomic E-state index is 11.9. The lowest BCUT2D eigenvalue weighted by molar-refractivity contribution is -0.203. The molecule has 5 aliphatic carbocycles. The van der Waals surface area contributed by atoms with Crippen molar-refractivity contribution in [2.75, 3.05) is 0 Å². The van der Waals surface area contributed by atoms with Crippen molar-refractivity contribution in [3.8, 4) is 0 Å². The zero-order valence-corrected chi connectivity index (χ0v) is 22.5. The molecule has 1 aromatic rings. The molecule has 11 atom stereocenters. The molecule has 3 N–H and O–H groups in total. The highest BCUT2D eigenvalue weighted by molar-refractivity contribution is 5.13. The van der Waals surface area contributed by atoms with Crippen LogP contribution in [0.3, 0.4) is 0 Å². The van der Waals surface area contributed by atoms with Crippen LogP contribution in [0.2, 0.25) is 0 Å². The predicted molar refractivity (Wildman–Crippen MR) is 138 cm³/mol. The first-order valence-corrected chi connectivity index (χ1v) is 15.0. The standard InChI is InChI=1S/C30H49N3O2/c1-5-20-24-16-19(34)12-14-30(24,4)23-13-15-29(3)21(9-10-22(29)26(23)27(20)35)17(2)6-11-25-31-28(33-32-25)18-7-8-18/h17-24,26-27,34-35H,5-16H2,1-4H3,(H,31,32,33)/t17-,19-,20-,21?,22+,23?,24?,26+,27-,29?,30?/m1/s1. The van der Waals surface area contributed by atoms with E-state index in [1.807, 2.05) is 0 Å². The molecule has 196 valence electrons. The van der Waals surface area contributed by atoms with E-state index in [-0.39, 0.29) is 12.2 Å². The second-order valence-corrected chi connectivity index (χ2v) is 14.1. The summed E-state index contributed by atoms with van der Waals surface area (Å²) in [6.45, 7) is 9.89. The highest BCUT2D eigenvalue weighted by Crippen LogP contribution is 2.69. The van der Waals surface area contributed by atoms with Crippen molar-refractivity contribution in [3.05, 3.63) is 11.6 Å². The van der Waals surface area contributed by atoms with Crippen LogP contribution in [0.4, 0.5) is 0 Å². The average molecular weight is 484 g/mol. The fourth-order valence-corrected chi connectivity index (χ4v) is 10.5. The number of hydrogen-bond acceptors (Lipinski definition) is 4. The minimum atomic E-state index is -0.193. The number of H-pyrrole nitrogens is 1. The van der Waals surface area contributed by atoms with E-state index in [4.69, 9.17) is 0 Å². The van der Waals surface area contributed by atoms with E-state index in [1.54, 1.807) is 0 Å². The van der Waals surface area contributed by atoms with E-state index in [1.165, 1.54) is 44.9 Å². The van der Waals surface area contributed by atoms with Crippen molar-refractivity contribution in [2.45, 2.75) is 123 Å². The van der Waals surface area contributed by atoms with Crippen molar-refractivity contribution < 1.29 is 10.2 Å². The van der Waals surface area contributed by atoms with Gasteiger partial charge in [-0.05, 0) is 116 Å². The van der Waals surface area contributed by atoms with Gasteiger partial charge in [0.05, 0.1) is 12.2 Å². The SMILES string of the molecule is CC[C@@H]1C2C[C@H](O)CCC2(C)C2CCC3(C)C([C@H](C)CCc4nnc(C5CC5)[nH]4)CC[C@H]3[C@@H]2[C@@H]1O. The normalized spacial score (nSPS) is 48.2. The molecule has 5 fully saturated rings. The van der Waals surface area contributed by atoms with Crippen LogP contribution < -0.4 is 0 Å². The highest BCUT2D eigenvalue weighted by atomic mass is 16.3. The van der Waals surface area contributed by atoms with Crippen LogP contribution in [0, 0.1) is 52.3 Å². The van der Waals surface area contributed by atoms with Gasteiger partial charge in [0, 0.05) is 12.3 Å². The lowest BCUT2D eigenvalue weighted by atomic mass is 9.41. The van der Waals surface area contributed by atoms with Gasteiger partial charge in [-0.3, -0.25) is 0 Å². The van der Waals surface area contributed by atoms with Gasteiger partial charge in [-0.2, -0.15) is 0 Å². The smallest absolute Gasteiger partial charge is 0.133 e. The van der Waals surface area contributed by atoms with Crippen LogP contribution in [0.15, 0.2) is 0 Å². The van der Waals surface area contributed by atoms with Gasteiger partial charge in [0.25, 0.3) is 0 Å². The predicted octanol–water partition coefficient (Wildman–Crippen LogP) is 5.88. The minimum Gasteiger partial charge on any atom is -0.393 e. The molecule has 0 aromatic carbocycles. The molecular weight excluding hydrogens is 434 g/mol. The summed E-state index contributed by atoms with van der Waals surface area (Å²) >= 11 is 0. The van der Waals surface area contributed by atoms with Crippen LogP contribution in [0.25, 0.3) is 0 Å². The van der Waals surface area contributed by atoms with Crippen molar-refractivity contribution >= 4 is 0 Å². The monoisotopic (exact) mass is 483 g/mol. The third kappa shape index (κ3) is 3.85. The molecule has 5 unspecified atom stereocenters. The number of aromatic nitrogens is 3. The van der Waals surface area contributed by atoms with Gasteiger partial charge in [0.2, 0.25) is 0 Å². The summed E-state index contributed by atoms with van der Waals surface area (Å²) < 4.78 is 0. The van der Waals surface area contributed by atoms with Crippen LogP contribution in [-0.4, -0.2) is 37.6 Å². The number of aromatic amines is 1. The summed E-state index contributed by atoms with van der Waals surface area (Å²) in [6.07, 6.45) is 13.6. The summed E-state index contributed by atoms with van der Waals surface area (Å²) in [4.78, 5) is 3.50. The Bertz CT molecular complexity index is 913. The van der Waals surface area contributed by atoms with E-state index in [9.17, 15) is 10.2 Å². The fourth-order valence-electron chi connectivity index (χ4n) is 10.5. The number of nitrogens with zero attached hydrogens (tertiary/aromatic N) is 2. The summed E-state index contributed by atoms with van der Waals surface area (Å²) in [5, 5.41) is 31.3. The van der Waals surface area contributed by atoms with Gasteiger partial charge in [-0.1, -0.05) is 34.1 Å². The molecule has 6 rings (SSSR count). The van der Waals surface area contributed by atoms with E-state index >= 15 is 0 Å². The molecule has 0 radical (unpaired) electrons. The van der Waals surface area contributed by atoms with Crippen LogP contribution >= 0.6 is 0 Å². The van der Waals surface area contributed by atoms with Gasteiger partial charge in [-0.15, -0.1) is 10.2 Å². The Morgan fingerprint density at radius 3 is 2.43 bits per heavy atom. The zero-order chi connectivity index (χ0) is 24.5. The molecule has 1 aromatic heterocycles. The number of rotatable bonds is 6. The Morgan fingerprint density at radius 2 is 1.69 bits per heavy atom. The van der Waals surface area contributed by atoms with E-state index in [2.05, 4.69) is 42.9 Å².